The molecule has 4 nitrogen and oxygen atoms in total. The molecule has 2 aliphatic rings. The molecule has 2 aliphatic heterocycles. The number of halogens is 1. The number of fused-ring (bicyclic) bond motifs is 2. The van der Waals surface area contributed by atoms with Crippen LogP contribution < -0.4 is 5.73 Å². The maximum atomic E-state index is 10.1. The Morgan fingerprint density at radius 3 is 2.48 bits per heavy atom. The van der Waals surface area contributed by atoms with Gasteiger partial charge in [0, 0.05) is 10.2 Å². The molecule has 1 aromatic rings. The number of aliphatic hydroxyl groups excluding tert-OH is 1. The first-order valence-electron chi connectivity index (χ1n) is 9.91. The standard InChI is InChI=1S/C21H34BrNO3Si/c1-19(2,3)27(4,5)25-14-21-9-8-20(13-24,26-21)11-16(12-21)15-6-7-18(23)17(22)10-15/h6-7,10,16,24H,8-9,11-14,23H2,1-5H3/t16-,20+,21-/m0/s1. The summed E-state index contributed by atoms with van der Waals surface area (Å²) in [6.45, 7) is 12.1. The fourth-order valence-corrected chi connectivity index (χ4v) is 5.63. The summed E-state index contributed by atoms with van der Waals surface area (Å²) in [6.07, 6.45) is 3.63. The van der Waals surface area contributed by atoms with Crippen LogP contribution >= 0.6 is 15.9 Å². The molecule has 3 rings (SSSR count). The average molecular weight is 456 g/mol. The third-order valence-corrected chi connectivity index (χ3v) is 12.2. The zero-order valence-electron chi connectivity index (χ0n) is 17.3. The summed E-state index contributed by atoms with van der Waals surface area (Å²) in [6, 6.07) is 6.20. The van der Waals surface area contributed by atoms with Crippen LogP contribution in [0.25, 0.3) is 0 Å². The Labute approximate surface area is 173 Å². The van der Waals surface area contributed by atoms with Crippen molar-refractivity contribution in [1.29, 1.82) is 0 Å². The van der Waals surface area contributed by atoms with Crippen molar-refractivity contribution >= 4 is 29.9 Å². The Morgan fingerprint density at radius 1 is 1.26 bits per heavy atom. The van der Waals surface area contributed by atoms with Gasteiger partial charge in [0.1, 0.15) is 0 Å². The average Bonchev–Trinajstić information content (AvgIpc) is 2.86. The summed E-state index contributed by atoms with van der Waals surface area (Å²) in [5.74, 6) is 0.341. The molecule has 0 unspecified atom stereocenters. The van der Waals surface area contributed by atoms with Crippen LogP contribution in [0.15, 0.2) is 22.7 Å². The SMILES string of the molecule is CC(C)(C)[Si](C)(C)OC[C@]12CC[C@](CO)(C[C@H](c3ccc(N)c(Br)c3)C1)O2. The van der Waals surface area contributed by atoms with Crippen molar-refractivity contribution in [2.75, 3.05) is 18.9 Å². The lowest BCUT2D eigenvalue weighted by Crippen LogP contribution is -2.51. The smallest absolute Gasteiger partial charge is 0.192 e. The molecule has 3 atom stereocenters. The van der Waals surface area contributed by atoms with E-state index >= 15 is 0 Å². The molecule has 2 bridgehead atoms. The van der Waals surface area contributed by atoms with Gasteiger partial charge in [-0.2, -0.15) is 0 Å². The minimum atomic E-state index is -1.85. The molecule has 2 heterocycles. The molecular weight excluding hydrogens is 422 g/mol. The van der Waals surface area contributed by atoms with Gasteiger partial charge in [-0.25, -0.2) is 0 Å². The Bertz CT molecular complexity index is 705. The lowest BCUT2D eigenvalue weighted by atomic mass is 9.80. The molecule has 0 amide bonds. The van der Waals surface area contributed by atoms with Crippen molar-refractivity contribution in [2.45, 2.75) is 81.7 Å². The number of rotatable bonds is 5. The first-order chi connectivity index (χ1) is 12.4. The van der Waals surface area contributed by atoms with Gasteiger partial charge in [0.25, 0.3) is 0 Å². The van der Waals surface area contributed by atoms with Crippen LogP contribution in [0.2, 0.25) is 18.1 Å². The maximum Gasteiger partial charge on any atom is 0.192 e. The van der Waals surface area contributed by atoms with E-state index in [0.717, 1.165) is 35.8 Å². The van der Waals surface area contributed by atoms with Crippen LogP contribution in [0, 0.1) is 0 Å². The molecule has 2 fully saturated rings. The largest absolute Gasteiger partial charge is 0.414 e. The van der Waals surface area contributed by atoms with Crippen LogP contribution in [0.1, 0.15) is 57.9 Å². The lowest BCUT2D eigenvalue weighted by Gasteiger charge is -2.46. The van der Waals surface area contributed by atoms with Gasteiger partial charge in [-0.05, 0) is 83.4 Å². The van der Waals surface area contributed by atoms with E-state index in [4.69, 9.17) is 14.9 Å². The molecule has 0 aromatic heterocycles. The monoisotopic (exact) mass is 455 g/mol. The third kappa shape index (κ3) is 4.15. The summed E-state index contributed by atoms with van der Waals surface area (Å²) in [5.41, 5.74) is 7.25. The van der Waals surface area contributed by atoms with Gasteiger partial charge in [-0.15, -0.1) is 0 Å². The zero-order chi connectivity index (χ0) is 20.1. The van der Waals surface area contributed by atoms with Crippen molar-refractivity contribution in [3.63, 3.8) is 0 Å². The van der Waals surface area contributed by atoms with Crippen molar-refractivity contribution in [3.8, 4) is 0 Å². The van der Waals surface area contributed by atoms with E-state index in [2.05, 4.69) is 61.9 Å². The van der Waals surface area contributed by atoms with Gasteiger partial charge in [0.2, 0.25) is 0 Å². The number of nitrogens with two attached hydrogens (primary N) is 1. The predicted molar refractivity (Wildman–Crippen MR) is 117 cm³/mol. The summed E-state index contributed by atoms with van der Waals surface area (Å²) in [7, 11) is -1.85. The molecule has 0 saturated carbocycles. The van der Waals surface area contributed by atoms with Gasteiger partial charge in [-0.1, -0.05) is 26.8 Å². The van der Waals surface area contributed by atoms with E-state index in [1.54, 1.807) is 0 Å². The van der Waals surface area contributed by atoms with Gasteiger partial charge >= 0.3 is 0 Å². The summed E-state index contributed by atoms with van der Waals surface area (Å²) in [5, 5.41) is 10.3. The minimum Gasteiger partial charge on any atom is -0.414 e. The second-order valence-corrected chi connectivity index (χ2v) is 15.7. The number of benzene rings is 1. The number of hydrogen-bond acceptors (Lipinski definition) is 4. The Morgan fingerprint density at radius 2 is 1.89 bits per heavy atom. The molecular formula is C21H34BrNO3Si. The molecule has 0 aliphatic carbocycles. The highest BCUT2D eigenvalue weighted by atomic mass is 79.9. The first kappa shape index (κ1) is 21.3. The lowest BCUT2D eigenvalue weighted by molar-refractivity contribution is -0.175. The van der Waals surface area contributed by atoms with E-state index in [0.29, 0.717) is 12.5 Å². The van der Waals surface area contributed by atoms with Crippen LogP contribution in [0.4, 0.5) is 5.69 Å². The van der Waals surface area contributed by atoms with E-state index in [-0.39, 0.29) is 17.2 Å². The number of hydrogen-bond donors (Lipinski definition) is 2. The number of anilines is 1. The van der Waals surface area contributed by atoms with E-state index < -0.39 is 13.9 Å². The first-order valence-corrected chi connectivity index (χ1v) is 13.6. The fraction of sp³-hybridized carbons (Fsp3) is 0.714. The van der Waals surface area contributed by atoms with Gasteiger partial charge < -0.3 is 20.0 Å². The molecule has 1 aromatic carbocycles. The quantitative estimate of drug-likeness (QED) is 0.472. The fourth-order valence-electron chi connectivity index (χ4n) is 4.17. The van der Waals surface area contributed by atoms with E-state index in [1.165, 1.54) is 5.56 Å². The topological polar surface area (TPSA) is 64.7 Å². The highest BCUT2D eigenvalue weighted by Crippen LogP contribution is 2.54. The van der Waals surface area contributed by atoms with Crippen molar-refractivity contribution < 1.29 is 14.3 Å². The molecule has 0 radical (unpaired) electrons. The number of nitrogen functional groups attached to an aromatic ring is 1. The molecule has 6 heteroatoms. The van der Waals surface area contributed by atoms with E-state index in [1.807, 2.05) is 6.07 Å². The predicted octanol–water partition coefficient (Wildman–Crippen LogP) is 5.21. The second kappa shape index (κ2) is 7.13. The van der Waals surface area contributed by atoms with Gasteiger partial charge in [0.15, 0.2) is 8.32 Å². The molecule has 152 valence electrons. The Balaban J connectivity index is 1.84. The summed E-state index contributed by atoms with van der Waals surface area (Å²) < 4.78 is 14.1. The molecule has 27 heavy (non-hydrogen) atoms. The van der Waals surface area contributed by atoms with Crippen LogP contribution in [-0.4, -0.2) is 37.8 Å². The zero-order valence-corrected chi connectivity index (χ0v) is 19.9. The van der Waals surface area contributed by atoms with E-state index in [9.17, 15) is 5.11 Å². The normalized spacial score (nSPS) is 31.3. The molecule has 0 spiro atoms. The Kier molecular flexibility index (Phi) is 5.63. The van der Waals surface area contributed by atoms with Crippen molar-refractivity contribution in [3.05, 3.63) is 28.2 Å². The third-order valence-electron chi connectivity index (χ3n) is 6.99. The van der Waals surface area contributed by atoms with Crippen molar-refractivity contribution in [2.24, 2.45) is 0 Å². The molecule has 3 N–H and O–H groups in total. The highest BCUT2D eigenvalue weighted by Gasteiger charge is 2.56. The van der Waals surface area contributed by atoms with Crippen LogP contribution in [0.3, 0.4) is 0 Å². The number of ether oxygens (including phenoxy) is 1. The van der Waals surface area contributed by atoms with Crippen molar-refractivity contribution in [1.82, 2.24) is 0 Å². The number of aliphatic hydroxyl groups is 1. The maximum absolute atomic E-state index is 10.1. The highest BCUT2D eigenvalue weighted by molar-refractivity contribution is 9.10. The van der Waals surface area contributed by atoms with Gasteiger partial charge in [0.05, 0.1) is 24.4 Å². The summed E-state index contributed by atoms with van der Waals surface area (Å²) >= 11 is 3.56. The Hall–Kier alpha value is -0.403. The molecule has 2 saturated heterocycles. The second-order valence-electron chi connectivity index (χ2n) is 10.1. The van der Waals surface area contributed by atoms with Gasteiger partial charge in [-0.3, -0.25) is 0 Å². The minimum absolute atomic E-state index is 0.0709. The summed E-state index contributed by atoms with van der Waals surface area (Å²) in [4.78, 5) is 0. The van der Waals surface area contributed by atoms with Crippen LogP contribution in [-0.2, 0) is 9.16 Å². The van der Waals surface area contributed by atoms with Crippen LogP contribution in [0.5, 0.6) is 0 Å².